The molecule has 6 nitrogen and oxygen atoms in total. The predicted molar refractivity (Wildman–Crippen MR) is 70.3 cm³/mol. The minimum absolute atomic E-state index is 0.0698. The van der Waals surface area contributed by atoms with Crippen molar-refractivity contribution in [2.24, 2.45) is 0 Å². The maximum Gasteiger partial charge on any atom is 0.168 e. The van der Waals surface area contributed by atoms with Gasteiger partial charge in [0.15, 0.2) is 5.82 Å². The molecule has 1 aromatic heterocycles. The van der Waals surface area contributed by atoms with E-state index in [0.29, 0.717) is 0 Å². The Morgan fingerprint density at radius 1 is 1.11 bits per heavy atom. The smallest absolute Gasteiger partial charge is 0.168 e. The van der Waals surface area contributed by atoms with Gasteiger partial charge in [-0.3, -0.25) is 4.90 Å². The molecule has 0 saturated carbocycles. The minimum atomic E-state index is -0.0698. The summed E-state index contributed by atoms with van der Waals surface area (Å²) in [5.41, 5.74) is -0.0698. The van der Waals surface area contributed by atoms with E-state index in [0.717, 1.165) is 32.0 Å². The Morgan fingerprint density at radius 2 is 1.72 bits per heavy atom. The lowest BCUT2D eigenvalue weighted by atomic mass is 10.1. The number of hydrogen-bond donors (Lipinski definition) is 0. The third kappa shape index (κ3) is 2.70. The van der Waals surface area contributed by atoms with E-state index in [4.69, 9.17) is 0 Å². The molecule has 0 N–H and O–H groups in total. The minimum Gasteiger partial charge on any atom is -0.304 e. The van der Waals surface area contributed by atoms with E-state index in [2.05, 4.69) is 60.1 Å². The molecule has 1 aliphatic rings. The molecular weight excluding hydrogens is 228 g/mol. The quantitative estimate of drug-likeness (QED) is 0.777. The van der Waals surface area contributed by atoms with Gasteiger partial charge in [0, 0.05) is 26.2 Å². The van der Waals surface area contributed by atoms with E-state index in [1.54, 1.807) is 0 Å². The molecule has 0 aliphatic carbocycles. The van der Waals surface area contributed by atoms with E-state index >= 15 is 0 Å². The summed E-state index contributed by atoms with van der Waals surface area (Å²) in [5.74, 6) is 0.965. The van der Waals surface area contributed by atoms with Gasteiger partial charge in [0.2, 0.25) is 0 Å². The highest BCUT2D eigenvalue weighted by atomic mass is 15.6. The van der Waals surface area contributed by atoms with Crippen molar-refractivity contribution in [2.45, 2.75) is 39.3 Å². The van der Waals surface area contributed by atoms with E-state index in [1.165, 1.54) is 0 Å². The highest BCUT2D eigenvalue weighted by Crippen LogP contribution is 2.23. The van der Waals surface area contributed by atoms with Crippen LogP contribution in [0.25, 0.3) is 0 Å². The molecule has 0 amide bonds. The summed E-state index contributed by atoms with van der Waals surface area (Å²) in [5, 5.41) is 12.2. The molecule has 1 saturated heterocycles. The van der Waals surface area contributed by atoms with Gasteiger partial charge in [0.05, 0.1) is 11.6 Å². The largest absolute Gasteiger partial charge is 0.304 e. The number of aromatic nitrogens is 4. The second-order valence-corrected chi connectivity index (χ2v) is 6.13. The average Bonchev–Trinajstić information content (AvgIpc) is 2.77. The molecule has 18 heavy (non-hydrogen) atoms. The van der Waals surface area contributed by atoms with Gasteiger partial charge in [-0.05, 0) is 45.2 Å². The second-order valence-electron chi connectivity index (χ2n) is 6.13. The molecule has 0 bridgehead atoms. The molecule has 1 aromatic rings. The number of hydrogen-bond acceptors (Lipinski definition) is 5. The Morgan fingerprint density at radius 3 is 2.28 bits per heavy atom. The normalized spacial score (nSPS) is 21.2. The molecule has 1 atom stereocenters. The number of nitrogens with zero attached hydrogens (tertiary/aromatic N) is 6. The molecule has 2 rings (SSSR count). The van der Waals surface area contributed by atoms with Crippen LogP contribution in [0.1, 0.15) is 39.6 Å². The van der Waals surface area contributed by atoms with Crippen LogP contribution in [0.2, 0.25) is 0 Å². The summed E-state index contributed by atoms with van der Waals surface area (Å²) in [6, 6.07) is 0.271. The molecule has 0 radical (unpaired) electrons. The van der Waals surface area contributed by atoms with Gasteiger partial charge in [-0.25, -0.2) is 4.68 Å². The molecule has 2 heterocycles. The van der Waals surface area contributed by atoms with Crippen molar-refractivity contribution in [2.75, 3.05) is 33.2 Å². The Kier molecular flexibility index (Phi) is 3.68. The maximum atomic E-state index is 4.22. The zero-order chi connectivity index (χ0) is 13.3. The van der Waals surface area contributed by atoms with Gasteiger partial charge in [-0.2, -0.15) is 0 Å². The summed E-state index contributed by atoms with van der Waals surface area (Å²) < 4.78 is 1.94. The van der Waals surface area contributed by atoms with E-state index in [1.807, 2.05) is 4.68 Å². The lowest BCUT2D eigenvalue weighted by Crippen LogP contribution is -2.46. The first-order chi connectivity index (χ1) is 8.39. The highest BCUT2D eigenvalue weighted by molar-refractivity contribution is 4.95. The fraction of sp³-hybridized carbons (Fsp3) is 0.917. The first-order valence-electron chi connectivity index (χ1n) is 6.61. The van der Waals surface area contributed by atoms with Crippen molar-refractivity contribution in [3.63, 3.8) is 0 Å². The van der Waals surface area contributed by atoms with Crippen molar-refractivity contribution >= 4 is 0 Å². The molecule has 0 spiro atoms. The topological polar surface area (TPSA) is 50.1 Å². The molecule has 0 aromatic carbocycles. The monoisotopic (exact) mass is 252 g/mol. The van der Waals surface area contributed by atoms with Crippen LogP contribution in [0, 0.1) is 0 Å². The summed E-state index contributed by atoms with van der Waals surface area (Å²) in [6.07, 6.45) is 0. The van der Waals surface area contributed by atoms with Crippen molar-refractivity contribution in [3.05, 3.63) is 5.82 Å². The summed E-state index contributed by atoms with van der Waals surface area (Å²) in [4.78, 5) is 4.81. The standard InChI is InChI=1S/C12H24N6/c1-10(17-8-6-16(5)7-9-17)11-13-14-15-18(11)12(2,3)4/h10H,6-9H2,1-5H3/t10-/m0/s1. The number of piperazine rings is 1. The third-order valence-electron chi connectivity index (χ3n) is 3.59. The fourth-order valence-electron chi connectivity index (χ4n) is 2.30. The average molecular weight is 252 g/mol. The van der Waals surface area contributed by atoms with Gasteiger partial charge in [-0.1, -0.05) is 0 Å². The molecule has 1 fully saturated rings. The van der Waals surface area contributed by atoms with Crippen molar-refractivity contribution in [1.82, 2.24) is 30.0 Å². The second kappa shape index (κ2) is 4.93. The third-order valence-corrected chi connectivity index (χ3v) is 3.59. The Bertz CT molecular complexity index is 386. The lowest BCUT2D eigenvalue weighted by Gasteiger charge is -2.36. The first-order valence-corrected chi connectivity index (χ1v) is 6.61. The fourth-order valence-corrected chi connectivity index (χ4v) is 2.30. The highest BCUT2D eigenvalue weighted by Gasteiger charge is 2.28. The van der Waals surface area contributed by atoms with Crippen LogP contribution >= 0.6 is 0 Å². The molecule has 6 heteroatoms. The van der Waals surface area contributed by atoms with E-state index in [-0.39, 0.29) is 11.6 Å². The van der Waals surface area contributed by atoms with E-state index in [9.17, 15) is 0 Å². The van der Waals surface area contributed by atoms with Crippen LogP contribution in [0.4, 0.5) is 0 Å². The van der Waals surface area contributed by atoms with Gasteiger partial charge in [0.25, 0.3) is 0 Å². The van der Waals surface area contributed by atoms with Crippen LogP contribution in [-0.2, 0) is 5.54 Å². The summed E-state index contributed by atoms with van der Waals surface area (Å²) >= 11 is 0. The predicted octanol–water partition coefficient (Wildman–Crippen LogP) is 0.736. The van der Waals surface area contributed by atoms with E-state index < -0.39 is 0 Å². The van der Waals surface area contributed by atoms with Gasteiger partial charge >= 0.3 is 0 Å². The van der Waals surface area contributed by atoms with Crippen molar-refractivity contribution < 1.29 is 0 Å². The van der Waals surface area contributed by atoms with Gasteiger partial charge in [0.1, 0.15) is 0 Å². The molecule has 102 valence electrons. The number of rotatable bonds is 2. The van der Waals surface area contributed by atoms with Crippen LogP contribution < -0.4 is 0 Å². The SMILES string of the molecule is C[C@@H](c1nnnn1C(C)(C)C)N1CCN(C)CC1. The van der Waals surface area contributed by atoms with Crippen LogP contribution in [0.15, 0.2) is 0 Å². The lowest BCUT2D eigenvalue weighted by molar-refractivity contribution is 0.110. The van der Waals surface area contributed by atoms with Crippen LogP contribution in [-0.4, -0.2) is 63.2 Å². The van der Waals surface area contributed by atoms with Crippen LogP contribution in [0.3, 0.4) is 0 Å². The number of likely N-dealkylation sites (N-methyl/N-ethyl adjacent to an activating group) is 1. The first kappa shape index (κ1) is 13.4. The van der Waals surface area contributed by atoms with Gasteiger partial charge < -0.3 is 4.90 Å². The van der Waals surface area contributed by atoms with Crippen LogP contribution in [0.5, 0.6) is 0 Å². The Labute approximate surface area is 109 Å². The number of tetrazole rings is 1. The molecular formula is C12H24N6. The van der Waals surface area contributed by atoms with Crippen molar-refractivity contribution in [3.8, 4) is 0 Å². The maximum absolute atomic E-state index is 4.22. The van der Waals surface area contributed by atoms with Crippen molar-refractivity contribution in [1.29, 1.82) is 0 Å². The van der Waals surface area contributed by atoms with Gasteiger partial charge in [-0.15, -0.1) is 5.10 Å². The zero-order valence-electron chi connectivity index (χ0n) is 12.1. The zero-order valence-corrected chi connectivity index (χ0v) is 12.1. The summed E-state index contributed by atoms with van der Waals surface area (Å²) in [7, 11) is 2.17. The Balaban J connectivity index is 2.14. The molecule has 1 aliphatic heterocycles. The molecule has 0 unspecified atom stereocenters. The Hall–Kier alpha value is -1.01. The summed E-state index contributed by atoms with van der Waals surface area (Å²) in [6.45, 7) is 13.0.